The molecule has 2 aromatic heterocycles. The minimum absolute atomic E-state index is 0.194. The van der Waals surface area contributed by atoms with Crippen LogP contribution in [0, 0.1) is 5.92 Å². The maximum Gasteiger partial charge on any atom is 0.220 e. The van der Waals surface area contributed by atoms with Crippen molar-refractivity contribution in [3.63, 3.8) is 0 Å². The van der Waals surface area contributed by atoms with Gasteiger partial charge >= 0.3 is 0 Å². The summed E-state index contributed by atoms with van der Waals surface area (Å²) in [5, 5.41) is 4.31. The maximum absolute atomic E-state index is 12.2. The third kappa shape index (κ3) is 2.98. The molecule has 2 aliphatic heterocycles. The monoisotopic (exact) mass is 328 g/mol. The average molecular weight is 328 g/mol. The van der Waals surface area contributed by atoms with Gasteiger partial charge in [-0.05, 0) is 37.0 Å². The Morgan fingerprint density at radius 2 is 2.33 bits per heavy atom. The summed E-state index contributed by atoms with van der Waals surface area (Å²) in [7, 11) is 0. The van der Waals surface area contributed by atoms with E-state index < -0.39 is 0 Å². The van der Waals surface area contributed by atoms with Gasteiger partial charge in [0.1, 0.15) is 5.76 Å². The lowest BCUT2D eigenvalue weighted by Gasteiger charge is -2.38. The van der Waals surface area contributed by atoms with Gasteiger partial charge in [0, 0.05) is 38.4 Å². The minimum atomic E-state index is 0.194. The Labute approximate surface area is 142 Å². The molecule has 0 saturated carbocycles. The molecule has 6 heteroatoms. The van der Waals surface area contributed by atoms with Gasteiger partial charge in [0.15, 0.2) is 0 Å². The maximum atomic E-state index is 12.2. The van der Waals surface area contributed by atoms with Gasteiger partial charge < -0.3 is 9.32 Å². The highest BCUT2D eigenvalue weighted by Crippen LogP contribution is 2.36. The molecule has 6 nitrogen and oxygen atoms in total. The number of furan rings is 1. The molecule has 4 heterocycles. The van der Waals surface area contributed by atoms with E-state index in [1.165, 1.54) is 0 Å². The van der Waals surface area contributed by atoms with Crippen LogP contribution in [0.2, 0.25) is 0 Å². The standard InChI is InChI=1S/C18H24N4O2/c1-14(23)22-16(12-21-7-3-6-19-21)10-15-11-20(8-5-18(15)22)13-17-4-2-9-24-17/h2-4,6-7,9,15-16,18H,5,8,10-13H2,1H3. The fraction of sp³-hybridized carbons (Fsp3) is 0.556. The van der Waals surface area contributed by atoms with Crippen LogP contribution in [0.25, 0.3) is 0 Å². The van der Waals surface area contributed by atoms with Gasteiger partial charge in [0.05, 0.1) is 25.4 Å². The third-order valence-electron chi connectivity index (χ3n) is 5.38. The second kappa shape index (κ2) is 6.43. The summed E-state index contributed by atoms with van der Waals surface area (Å²) in [6.45, 7) is 5.40. The van der Waals surface area contributed by atoms with Gasteiger partial charge in [0.25, 0.3) is 0 Å². The van der Waals surface area contributed by atoms with E-state index in [2.05, 4.69) is 14.9 Å². The Morgan fingerprint density at radius 1 is 1.42 bits per heavy atom. The van der Waals surface area contributed by atoms with E-state index in [1.807, 2.05) is 29.1 Å². The van der Waals surface area contributed by atoms with Gasteiger partial charge in [-0.25, -0.2) is 0 Å². The van der Waals surface area contributed by atoms with E-state index in [4.69, 9.17) is 4.42 Å². The number of aromatic nitrogens is 2. The zero-order chi connectivity index (χ0) is 16.5. The Hall–Kier alpha value is -2.08. The number of carbonyl (C=O) groups excluding carboxylic acids is 1. The van der Waals surface area contributed by atoms with Gasteiger partial charge in [-0.3, -0.25) is 14.4 Å². The van der Waals surface area contributed by atoms with Crippen LogP contribution < -0.4 is 0 Å². The molecule has 1 amide bonds. The number of fused-ring (bicyclic) bond motifs is 1. The molecule has 3 atom stereocenters. The molecule has 2 saturated heterocycles. The summed E-state index contributed by atoms with van der Waals surface area (Å²) in [5.41, 5.74) is 0. The van der Waals surface area contributed by atoms with Gasteiger partial charge in [-0.2, -0.15) is 5.10 Å². The molecule has 0 spiro atoms. The highest BCUT2D eigenvalue weighted by atomic mass is 16.3. The van der Waals surface area contributed by atoms with Crippen LogP contribution in [0.5, 0.6) is 0 Å². The first-order valence-electron chi connectivity index (χ1n) is 8.72. The van der Waals surface area contributed by atoms with Crippen molar-refractivity contribution < 1.29 is 9.21 Å². The van der Waals surface area contributed by atoms with Crippen molar-refractivity contribution in [3.05, 3.63) is 42.6 Å². The smallest absolute Gasteiger partial charge is 0.220 e. The Kier molecular flexibility index (Phi) is 4.14. The molecule has 2 aliphatic rings. The molecule has 4 rings (SSSR count). The van der Waals surface area contributed by atoms with Gasteiger partial charge in [-0.15, -0.1) is 0 Å². The van der Waals surface area contributed by atoms with E-state index in [-0.39, 0.29) is 11.9 Å². The number of rotatable bonds is 4. The van der Waals surface area contributed by atoms with Crippen molar-refractivity contribution in [2.75, 3.05) is 13.1 Å². The lowest BCUT2D eigenvalue weighted by Crippen LogP contribution is -2.48. The van der Waals surface area contributed by atoms with Crippen LogP contribution in [0.15, 0.2) is 41.3 Å². The molecule has 3 unspecified atom stereocenters. The number of piperidine rings is 1. The molecular formula is C18H24N4O2. The molecule has 0 bridgehead atoms. The normalized spacial score (nSPS) is 27.4. The molecule has 0 aromatic carbocycles. The summed E-state index contributed by atoms with van der Waals surface area (Å²) >= 11 is 0. The molecule has 2 fully saturated rings. The van der Waals surface area contributed by atoms with Crippen LogP contribution in [-0.2, 0) is 17.9 Å². The molecule has 2 aromatic rings. The molecule has 0 N–H and O–H groups in total. The summed E-state index contributed by atoms with van der Waals surface area (Å²) in [6, 6.07) is 6.53. The summed E-state index contributed by atoms with van der Waals surface area (Å²) < 4.78 is 7.42. The van der Waals surface area contributed by atoms with Crippen molar-refractivity contribution in [1.82, 2.24) is 19.6 Å². The van der Waals surface area contributed by atoms with Crippen molar-refractivity contribution in [1.29, 1.82) is 0 Å². The SMILES string of the molecule is CC(=O)N1C(Cn2cccn2)CC2CN(Cc3ccco3)CCC21. The van der Waals surface area contributed by atoms with Crippen molar-refractivity contribution >= 4 is 5.91 Å². The van der Waals surface area contributed by atoms with Crippen LogP contribution in [0.3, 0.4) is 0 Å². The van der Waals surface area contributed by atoms with E-state index >= 15 is 0 Å². The number of hydrogen-bond acceptors (Lipinski definition) is 4. The number of amides is 1. The van der Waals surface area contributed by atoms with Crippen molar-refractivity contribution in [3.8, 4) is 0 Å². The fourth-order valence-corrected chi connectivity index (χ4v) is 4.47. The van der Waals surface area contributed by atoms with E-state index in [0.717, 1.165) is 44.8 Å². The quantitative estimate of drug-likeness (QED) is 0.861. The average Bonchev–Trinajstić information content (AvgIpc) is 3.27. The summed E-state index contributed by atoms with van der Waals surface area (Å²) in [5.74, 6) is 1.75. The Balaban J connectivity index is 1.45. The Bertz CT molecular complexity index is 667. The minimum Gasteiger partial charge on any atom is -0.468 e. The largest absolute Gasteiger partial charge is 0.468 e. The van der Waals surface area contributed by atoms with E-state index in [9.17, 15) is 4.79 Å². The highest BCUT2D eigenvalue weighted by molar-refractivity contribution is 5.74. The lowest BCUT2D eigenvalue weighted by molar-refractivity contribution is -0.133. The van der Waals surface area contributed by atoms with Crippen LogP contribution in [0.4, 0.5) is 0 Å². The van der Waals surface area contributed by atoms with E-state index in [1.54, 1.807) is 19.4 Å². The predicted molar refractivity (Wildman–Crippen MR) is 89.0 cm³/mol. The van der Waals surface area contributed by atoms with Gasteiger partial charge in [0.2, 0.25) is 5.91 Å². The van der Waals surface area contributed by atoms with Crippen LogP contribution in [0.1, 0.15) is 25.5 Å². The topological polar surface area (TPSA) is 54.5 Å². The number of carbonyl (C=O) groups is 1. The first-order chi connectivity index (χ1) is 11.7. The Morgan fingerprint density at radius 3 is 3.04 bits per heavy atom. The van der Waals surface area contributed by atoms with Crippen molar-refractivity contribution in [2.45, 2.75) is 44.9 Å². The second-order valence-electron chi connectivity index (χ2n) is 6.97. The van der Waals surface area contributed by atoms with Crippen LogP contribution in [-0.4, -0.2) is 50.7 Å². The first kappa shape index (κ1) is 15.4. The molecule has 0 aliphatic carbocycles. The molecule has 0 radical (unpaired) electrons. The summed E-state index contributed by atoms with van der Waals surface area (Å²) in [4.78, 5) is 16.8. The zero-order valence-corrected chi connectivity index (χ0v) is 14.0. The molecule has 128 valence electrons. The number of nitrogens with zero attached hydrogens (tertiary/aromatic N) is 4. The van der Waals surface area contributed by atoms with Gasteiger partial charge in [-0.1, -0.05) is 0 Å². The summed E-state index contributed by atoms with van der Waals surface area (Å²) in [6.07, 6.45) is 7.60. The number of likely N-dealkylation sites (tertiary alicyclic amines) is 2. The first-order valence-corrected chi connectivity index (χ1v) is 8.72. The van der Waals surface area contributed by atoms with Crippen LogP contribution >= 0.6 is 0 Å². The number of hydrogen-bond donors (Lipinski definition) is 0. The molecular weight excluding hydrogens is 304 g/mol. The fourth-order valence-electron chi connectivity index (χ4n) is 4.47. The second-order valence-corrected chi connectivity index (χ2v) is 6.97. The third-order valence-corrected chi connectivity index (χ3v) is 5.38. The highest BCUT2D eigenvalue weighted by Gasteiger charge is 2.45. The van der Waals surface area contributed by atoms with Crippen molar-refractivity contribution in [2.24, 2.45) is 5.92 Å². The lowest BCUT2D eigenvalue weighted by atomic mass is 9.92. The zero-order valence-electron chi connectivity index (χ0n) is 14.0. The predicted octanol–water partition coefficient (Wildman–Crippen LogP) is 1.99. The molecule has 24 heavy (non-hydrogen) atoms. The van der Waals surface area contributed by atoms with E-state index in [0.29, 0.717) is 12.0 Å².